The van der Waals surface area contributed by atoms with Gasteiger partial charge in [0.2, 0.25) is 5.82 Å². The monoisotopic (exact) mass is 327 g/mol. The van der Waals surface area contributed by atoms with Crippen LogP contribution in [0.3, 0.4) is 0 Å². The third kappa shape index (κ3) is 3.30. The molecule has 0 saturated heterocycles. The zero-order valence-electron chi connectivity index (χ0n) is 10.00. The van der Waals surface area contributed by atoms with Crippen molar-refractivity contribution in [1.29, 1.82) is 0 Å². The molecule has 2 nitrogen and oxygen atoms in total. The van der Waals surface area contributed by atoms with Crippen LogP contribution in [0, 0.1) is 11.6 Å². The average molecular weight is 328 g/mol. The molecule has 0 bridgehead atoms. The van der Waals surface area contributed by atoms with E-state index < -0.39 is 11.6 Å². The van der Waals surface area contributed by atoms with Gasteiger partial charge in [-0.2, -0.15) is 4.39 Å². The molecule has 0 atom stereocenters. The molecule has 0 fully saturated rings. The molecular weight excluding hydrogens is 316 g/mol. The Kier molecular flexibility index (Phi) is 4.50. The van der Waals surface area contributed by atoms with E-state index in [0.717, 1.165) is 22.5 Å². The number of rotatable bonds is 4. The van der Waals surface area contributed by atoms with Crippen molar-refractivity contribution in [3.8, 4) is 11.5 Å². The van der Waals surface area contributed by atoms with Crippen LogP contribution in [0.4, 0.5) is 8.78 Å². The molecule has 0 aromatic heterocycles. The van der Waals surface area contributed by atoms with Gasteiger partial charge in [0.15, 0.2) is 11.6 Å². The zero-order chi connectivity index (χ0) is 13.8. The number of ether oxygens (including phenoxy) is 1. The maximum absolute atomic E-state index is 13.5. The van der Waals surface area contributed by atoms with Gasteiger partial charge in [0.05, 0.1) is 0 Å². The highest BCUT2D eigenvalue weighted by Crippen LogP contribution is 2.29. The SMILES string of the molecule is NCCc1ccc(Oc2cccc(F)c2F)cc1Br. The van der Waals surface area contributed by atoms with Gasteiger partial charge in [0.1, 0.15) is 5.75 Å². The number of benzene rings is 2. The minimum Gasteiger partial charge on any atom is -0.454 e. The fraction of sp³-hybridized carbons (Fsp3) is 0.143. The van der Waals surface area contributed by atoms with Crippen LogP contribution in [0.25, 0.3) is 0 Å². The molecule has 5 heteroatoms. The Bertz CT molecular complexity index is 590. The topological polar surface area (TPSA) is 35.2 Å². The highest BCUT2D eigenvalue weighted by atomic mass is 79.9. The van der Waals surface area contributed by atoms with Crippen molar-refractivity contribution in [3.63, 3.8) is 0 Å². The molecule has 0 spiro atoms. The molecule has 2 rings (SSSR count). The molecule has 19 heavy (non-hydrogen) atoms. The number of halogens is 3. The summed E-state index contributed by atoms with van der Waals surface area (Å²) in [4.78, 5) is 0. The summed E-state index contributed by atoms with van der Waals surface area (Å²) in [5.74, 6) is -1.64. The Hall–Kier alpha value is -1.46. The van der Waals surface area contributed by atoms with E-state index in [-0.39, 0.29) is 5.75 Å². The summed E-state index contributed by atoms with van der Waals surface area (Å²) in [6.45, 7) is 0.539. The smallest absolute Gasteiger partial charge is 0.201 e. The molecule has 0 radical (unpaired) electrons. The van der Waals surface area contributed by atoms with Gasteiger partial charge in [-0.1, -0.05) is 28.1 Å². The van der Waals surface area contributed by atoms with Gasteiger partial charge in [-0.25, -0.2) is 4.39 Å². The lowest BCUT2D eigenvalue weighted by atomic mass is 10.1. The summed E-state index contributed by atoms with van der Waals surface area (Å²) < 4.78 is 32.7. The van der Waals surface area contributed by atoms with Gasteiger partial charge in [0.25, 0.3) is 0 Å². The van der Waals surface area contributed by atoms with Crippen LogP contribution in [0.1, 0.15) is 5.56 Å². The summed E-state index contributed by atoms with van der Waals surface area (Å²) in [5.41, 5.74) is 6.52. The Balaban J connectivity index is 2.24. The van der Waals surface area contributed by atoms with Crippen LogP contribution in [-0.4, -0.2) is 6.54 Å². The molecule has 0 amide bonds. The zero-order valence-corrected chi connectivity index (χ0v) is 11.6. The largest absolute Gasteiger partial charge is 0.454 e. The Morgan fingerprint density at radius 1 is 1.16 bits per heavy atom. The lowest BCUT2D eigenvalue weighted by Crippen LogP contribution is -2.03. The maximum Gasteiger partial charge on any atom is 0.201 e. The van der Waals surface area contributed by atoms with Crippen molar-refractivity contribution in [2.75, 3.05) is 6.54 Å². The van der Waals surface area contributed by atoms with Crippen LogP contribution >= 0.6 is 15.9 Å². The lowest BCUT2D eigenvalue weighted by molar-refractivity contribution is 0.416. The maximum atomic E-state index is 13.5. The normalized spacial score (nSPS) is 10.5. The van der Waals surface area contributed by atoms with E-state index in [2.05, 4.69) is 15.9 Å². The standard InChI is InChI=1S/C14H12BrF2NO/c15-11-8-10(5-4-9(11)6-7-18)19-13-3-1-2-12(16)14(13)17/h1-5,8H,6-7,18H2. The Morgan fingerprint density at radius 2 is 1.95 bits per heavy atom. The summed E-state index contributed by atoms with van der Waals surface area (Å²) in [6, 6.07) is 9.05. The second-order valence-electron chi connectivity index (χ2n) is 3.95. The van der Waals surface area contributed by atoms with E-state index in [9.17, 15) is 8.78 Å². The molecule has 0 aliphatic heterocycles. The Labute approximate surface area is 118 Å². The van der Waals surface area contributed by atoms with Gasteiger partial charge in [-0.3, -0.25) is 0 Å². The van der Waals surface area contributed by atoms with Gasteiger partial charge in [-0.15, -0.1) is 0 Å². The highest BCUT2D eigenvalue weighted by molar-refractivity contribution is 9.10. The number of hydrogen-bond acceptors (Lipinski definition) is 2. The molecule has 100 valence electrons. The van der Waals surface area contributed by atoms with Gasteiger partial charge in [0, 0.05) is 4.47 Å². The van der Waals surface area contributed by atoms with E-state index in [1.165, 1.54) is 12.1 Å². The second-order valence-corrected chi connectivity index (χ2v) is 4.80. The second kappa shape index (κ2) is 6.12. The molecule has 0 unspecified atom stereocenters. The van der Waals surface area contributed by atoms with Crippen molar-refractivity contribution in [3.05, 3.63) is 58.1 Å². The number of hydrogen-bond donors (Lipinski definition) is 1. The molecule has 0 heterocycles. The van der Waals surface area contributed by atoms with Crippen molar-refractivity contribution in [2.45, 2.75) is 6.42 Å². The molecule has 0 aliphatic carbocycles. The summed E-state index contributed by atoms with van der Waals surface area (Å²) in [5, 5.41) is 0. The molecule has 2 aromatic rings. The van der Waals surface area contributed by atoms with Crippen LogP contribution in [0.2, 0.25) is 0 Å². The van der Waals surface area contributed by atoms with E-state index in [0.29, 0.717) is 12.3 Å². The summed E-state index contributed by atoms with van der Waals surface area (Å²) >= 11 is 3.39. The predicted molar refractivity (Wildman–Crippen MR) is 73.3 cm³/mol. The lowest BCUT2D eigenvalue weighted by Gasteiger charge is -2.09. The van der Waals surface area contributed by atoms with Crippen molar-refractivity contribution < 1.29 is 13.5 Å². The molecular formula is C14H12BrF2NO. The van der Waals surface area contributed by atoms with Gasteiger partial charge in [-0.05, 0) is 42.8 Å². The van der Waals surface area contributed by atoms with Crippen LogP contribution in [-0.2, 0) is 6.42 Å². The van der Waals surface area contributed by atoms with E-state index >= 15 is 0 Å². The highest BCUT2D eigenvalue weighted by Gasteiger charge is 2.10. The fourth-order valence-corrected chi connectivity index (χ4v) is 2.20. The van der Waals surface area contributed by atoms with E-state index in [4.69, 9.17) is 10.5 Å². The van der Waals surface area contributed by atoms with E-state index in [1.54, 1.807) is 12.1 Å². The minimum atomic E-state index is -0.996. The third-order valence-corrected chi connectivity index (χ3v) is 3.32. The van der Waals surface area contributed by atoms with Crippen molar-refractivity contribution in [1.82, 2.24) is 0 Å². The summed E-state index contributed by atoms with van der Waals surface area (Å²) in [6.07, 6.45) is 0.731. The quantitative estimate of drug-likeness (QED) is 0.920. The first-order valence-electron chi connectivity index (χ1n) is 5.72. The average Bonchev–Trinajstić information content (AvgIpc) is 2.38. The van der Waals surface area contributed by atoms with E-state index in [1.807, 2.05) is 6.07 Å². The van der Waals surface area contributed by atoms with Gasteiger partial charge >= 0.3 is 0 Å². The van der Waals surface area contributed by atoms with Gasteiger partial charge < -0.3 is 10.5 Å². The first-order chi connectivity index (χ1) is 9.11. The van der Waals surface area contributed by atoms with Crippen LogP contribution in [0.15, 0.2) is 40.9 Å². The van der Waals surface area contributed by atoms with Crippen LogP contribution in [0.5, 0.6) is 11.5 Å². The molecule has 0 aliphatic rings. The predicted octanol–water partition coefficient (Wildman–Crippen LogP) is 4.02. The Morgan fingerprint density at radius 3 is 2.63 bits per heavy atom. The van der Waals surface area contributed by atoms with Crippen molar-refractivity contribution in [2.24, 2.45) is 5.73 Å². The van der Waals surface area contributed by atoms with Crippen LogP contribution < -0.4 is 10.5 Å². The van der Waals surface area contributed by atoms with Crippen molar-refractivity contribution >= 4 is 15.9 Å². The summed E-state index contributed by atoms with van der Waals surface area (Å²) in [7, 11) is 0. The number of nitrogens with two attached hydrogens (primary N) is 1. The first-order valence-corrected chi connectivity index (χ1v) is 6.51. The first kappa shape index (κ1) is 14.0. The third-order valence-electron chi connectivity index (χ3n) is 2.58. The fourth-order valence-electron chi connectivity index (χ4n) is 1.64. The minimum absolute atomic E-state index is 0.140. The molecule has 0 saturated carbocycles. The molecule has 2 N–H and O–H groups in total. The molecule has 2 aromatic carbocycles.